The predicted molar refractivity (Wildman–Crippen MR) is 96.5 cm³/mol. The number of ether oxygens (including phenoxy) is 1. The second-order valence-corrected chi connectivity index (χ2v) is 6.12. The van der Waals surface area contributed by atoms with Crippen LogP contribution in [-0.4, -0.2) is 23.7 Å². The normalized spacial score (nSPS) is 11.8. The number of carbonyl (C=O) groups excluding carboxylic acids is 1. The van der Waals surface area contributed by atoms with E-state index in [0.29, 0.717) is 5.75 Å². The third-order valence-corrected chi connectivity index (χ3v) is 4.02. The Balaban J connectivity index is 1.84. The van der Waals surface area contributed by atoms with Gasteiger partial charge in [0.2, 0.25) is 0 Å². The summed E-state index contributed by atoms with van der Waals surface area (Å²) in [7, 11) is 0. The topological polar surface area (TPSA) is 58.6 Å². The average Bonchev–Trinajstić information content (AvgIpc) is 2.56. The minimum Gasteiger partial charge on any atom is -0.484 e. The molecule has 1 atom stereocenters. The maximum atomic E-state index is 12.0. The quantitative estimate of drug-likeness (QED) is 0.816. The molecule has 24 heavy (non-hydrogen) atoms. The van der Waals surface area contributed by atoms with Crippen LogP contribution >= 0.6 is 0 Å². The number of aryl methyl sites for hydroxylation is 2. The Morgan fingerprint density at radius 3 is 2.54 bits per heavy atom. The van der Waals surface area contributed by atoms with Gasteiger partial charge in [0.15, 0.2) is 6.61 Å². The van der Waals surface area contributed by atoms with E-state index in [1.807, 2.05) is 56.3 Å². The molecule has 0 heterocycles. The van der Waals surface area contributed by atoms with Crippen molar-refractivity contribution in [1.29, 1.82) is 0 Å². The third kappa shape index (κ3) is 5.39. The van der Waals surface area contributed by atoms with Crippen LogP contribution in [0.1, 0.15) is 30.0 Å². The van der Waals surface area contributed by atoms with E-state index in [-0.39, 0.29) is 18.6 Å². The van der Waals surface area contributed by atoms with Crippen LogP contribution in [0.3, 0.4) is 0 Å². The summed E-state index contributed by atoms with van der Waals surface area (Å²) in [5, 5.41) is 12.2. The van der Waals surface area contributed by atoms with Crippen LogP contribution in [-0.2, 0) is 11.2 Å². The largest absolute Gasteiger partial charge is 0.484 e. The number of benzene rings is 2. The van der Waals surface area contributed by atoms with Crippen molar-refractivity contribution in [2.75, 3.05) is 11.9 Å². The summed E-state index contributed by atoms with van der Waals surface area (Å²) in [6.07, 6.45) is 1.26. The fourth-order valence-electron chi connectivity index (χ4n) is 2.35. The van der Waals surface area contributed by atoms with Gasteiger partial charge in [0, 0.05) is 5.69 Å². The molecule has 0 aromatic heterocycles. The molecule has 0 spiro atoms. The van der Waals surface area contributed by atoms with E-state index in [1.54, 1.807) is 6.92 Å². The SMILES string of the molecule is Cc1cccc(NC(=O)COc2ccc(CCC(C)O)cc2)c1C. The molecule has 2 aromatic rings. The fourth-order valence-corrected chi connectivity index (χ4v) is 2.35. The molecule has 2 N–H and O–H groups in total. The number of amides is 1. The van der Waals surface area contributed by atoms with Crippen molar-refractivity contribution in [1.82, 2.24) is 0 Å². The first-order chi connectivity index (χ1) is 11.5. The lowest BCUT2D eigenvalue weighted by atomic mass is 10.1. The lowest BCUT2D eigenvalue weighted by Gasteiger charge is -2.11. The van der Waals surface area contributed by atoms with Crippen LogP contribution in [0.4, 0.5) is 5.69 Å². The molecule has 0 bridgehead atoms. The maximum Gasteiger partial charge on any atom is 0.262 e. The highest BCUT2D eigenvalue weighted by Gasteiger charge is 2.07. The zero-order valence-corrected chi connectivity index (χ0v) is 14.5. The Bertz CT molecular complexity index is 678. The minimum absolute atomic E-state index is 0.0274. The highest BCUT2D eigenvalue weighted by molar-refractivity contribution is 5.92. The number of anilines is 1. The van der Waals surface area contributed by atoms with E-state index in [4.69, 9.17) is 4.74 Å². The van der Waals surface area contributed by atoms with Crippen LogP contribution in [0.5, 0.6) is 5.75 Å². The van der Waals surface area contributed by atoms with Crippen molar-refractivity contribution in [3.63, 3.8) is 0 Å². The summed E-state index contributed by atoms with van der Waals surface area (Å²) in [4.78, 5) is 12.0. The molecule has 0 fully saturated rings. The number of hydrogen-bond acceptors (Lipinski definition) is 3. The van der Waals surface area contributed by atoms with Gasteiger partial charge in [-0.15, -0.1) is 0 Å². The second-order valence-electron chi connectivity index (χ2n) is 6.12. The van der Waals surface area contributed by atoms with Crippen LogP contribution in [0.2, 0.25) is 0 Å². The van der Waals surface area contributed by atoms with E-state index in [1.165, 1.54) is 0 Å². The number of rotatable bonds is 7. The van der Waals surface area contributed by atoms with Gasteiger partial charge in [-0.1, -0.05) is 24.3 Å². The van der Waals surface area contributed by atoms with Crippen molar-refractivity contribution < 1.29 is 14.6 Å². The van der Waals surface area contributed by atoms with Gasteiger partial charge in [0.25, 0.3) is 5.91 Å². The Hall–Kier alpha value is -2.33. The fraction of sp³-hybridized carbons (Fsp3) is 0.350. The molecule has 1 amide bonds. The molecular formula is C20H25NO3. The number of nitrogens with one attached hydrogen (secondary N) is 1. The number of hydrogen-bond donors (Lipinski definition) is 2. The van der Waals surface area contributed by atoms with Crippen LogP contribution < -0.4 is 10.1 Å². The number of aliphatic hydroxyl groups excluding tert-OH is 1. The zero-order chi connectivity index (χ0) is 17.5. The van der Waals surface area contributed by atoms with Crippen LogP contribution in [0.15, 0.2) is 42.5 Å². The molecule has 2 rings (SSSR count). The monoisotopic (exact) mass is 327 g/mol. The van der Waals surface area contributed by atoms with Crippen LogP contribution in [0.25, 0.3) is 0 Å². The van der Waals surface area contributed by atoms with Crippen LogP contribution in [0, 0.1) is 13.8 Å². The molecule has 1 unspecified atom stereocenters. The molecule has 0 saturated carbocycles. The van der Waals surface area contributed by atoms with E-state index in [9.17, 15) is 9.90 Å². The summed E-state index contributed by atoms with van der Waals surface area (Å²) in [5.41, 5.74) is 4.16. The highest BCUT2D eigenvalue weighted by atomic mass is 16.5. The Kier molecular flexibility index (Phi) is 6.38. The Morgan fingerprint density at radius 2 is 1.88 bits per heavy atom. The first-order valence-electron chi connectivity index (χ1n) is 8.21. The van der Waals surface area contributed by atoms with Gasteiger partial charge in [0.05, 0.1) is 6.10 Å². The Morgan fingerprint density at radius 1 is 1.17 bits per heavy atom. The van der Waals surface area contributed by atoms with Gasteiger partial charge >= 0.3 is 0 Å². The molecule has 0 aliphatic heterocycles. The lowest BCUT2D eigenvalue weighted by Crippen LogP contribution is -2.20. The molecule has 0 aliphatic rings. The zero-order valence-electron chi connectivity index (χ0n) is 14.5. The third-order valence-electron chi connectivity index (χ3n) is 4.02. The first-order valence-corrected chi connectivity index (χ1v) is 8.21. The van der Waals surface area contributed by atoms with Crippen molar-refractivity contribution in [2.45, 2.75) is 39.7 Å². The van der Waals surface area contributed by atoms with E-state index in [2.05, 4.69) is 5.32 Å². The van der Waals surface area contributed by atoms with Crippen molar-refractivity contribution in [3.8, 4) is 5.75 Å². The molecular weight excluding hydrogens is 302 g/mol. The lowest BCUT2D eigenvalue weighted by molar-refractivity contribution is -0.118. The molecule has 4 heteroatoms. The predicted octanol–water partition coefficient (Wildman–Crippen LogP) is 3.63. The van der Waals surface area contributed by atoms with Crippen molar-refractivity contribution >= 4 is 11.6 Å². The van der Waals surface area contributed by atoms with E-state index in [0.717, 1.165) is 35.2 Å². The van der Waals surface area contributed by atoms with E-state index >= 15 is 0 Å². The summed E-state index contributed by atoms with van der Waals surface area (Å²) in [6.45, 7) is 5.75. The van der Waals surface area contributed by atoms with Gasteiger partial charge in [-0.2, -0.15) is 0 Å². The molecule has 0 saturated heterocycles. The summed E-state index contributed by atoms with van der Waals surface area (Å²) >= 11 is 0. The smallest absolute Gasteiger partial charge is 0.262 e. The molecule has 2 aromatic carbocycles. The standard InChI is InChI=1S/C20H25NO3/c1-14-5-4-6-19(16(14)3)21-20(23)13-24-18-11-9-17(10-12-18)8-7-15(2)22/h4-6,9-12,15,22H,7-8,13H2,1-3H3,(H,21,23). The van der Waals surface area contributed by atoms with Gasteiger partial charge in [-0.25, -0.2) is 0 Å². The summed E-state index contributed by atoms with van der Waals surface area (Å²) < 4.78 is 5.53. The number of carbonyl (C=O) groups is 1. The summed E-state index contributed by atoms with van der Waals surface area (Å²) in [6, 6.07) is 13.4. The number of aliphatic hydroxyl groups is 1. The first kappa shape index (κ1) is 18.0. The van der Waals surface area contributed by atoms with Crippen molar-refractivity contribution in [2.24, 2.45) is 0 Å². The van der Waals surface area contributed by atoms with Gasteiger partial charge in [-0.05, 0) is 68.5 Å². The molecule has 0 aliphatic carbocycles. The van der Waals surface area contributed by atoms with Gasteiger partial charge in [-0.3, -0.25) is 4.79 Å². The average molecular weight is 327 g/mol. The minimum atomic E-state index is -0.297. The molecule has 0 radical (unpaired) electrons. The summed E-state index contributed by atoms with van der Waals surface area (Å²) in [5.74, 6) is 0.480. The Labute approximate surface area is 143 Å². The van der Waals surface area contributed by atoms with Gasteiger partial charge < -0.3 is 15.2 Å². The van der Waals surface area contributed by atoms with E-state index < -0.39 is 0 Å². The highest BCUT2D eigenvalue weighted by Crippen LogP contribution is 2.18. The molecule has 4 nitrogen and oxygen atoms in total. The van der Waals surface area contributed by atoms with Gasteiger partial charge in [0.1, 0.15) is 5.75 Å². The second kappa shape index (κ2) is 8.50. The van der Waals surface area contributed by atoms with Crippen molar-refractivity contribution in [3.05, 3.63) is 59.2 Å². The maximum absolute atomic E-state index is 12.0. The molecule has 128 valence electrons.